The van der Waals surface area contributed by atoms with Crippen molar-refractivity contribution < 1.29 is 9.53 Å². The van der Waals surface area contributed by atoms with Crippen molar-refractivity contribution in [3.05, 3.63) is 23.8 Å². The van der Waals surface area contributed by atoms with Crippen LogP contribution in [0.2, 0.25) is 0 Å². The molecule has 3 rings (SSSR count). The summed E-state index contributed by atoms with van der Waals surface area (Å²) in [5.74, 6) is 0.691. The molecule has 0 aliphatic carbocycles. The van der Waals surface area contributed by atoms with Crippen LogP contribution in [-0.4, -0.2) is 35.0 Å². The van der Waals surface area contributed by atoms with Crippen molar-refractivity contribution in [1.29, 1.82) is 0 Å². The fourth-order valence-corrected chi connectivity index (χ4v) is 3.92. The van der Waals surface area contributed by atoms with E-state index >= 15 is 0 Å². The van der Waals surface area contributed by atoms with Gasteiger partial charge < -0.3 is 9.64 Å². The second-order valence-electron chi connectivity index (χ2n) is 6.70. The van der Waals surface area contributed by atoms with Crippen molar-refractivity contribution >= 4 is 27.5 Å². The summed E-state index contributed by atoms with van der Waals surface area (Å²) in [5.41, 5.74) is 2.22. The maximum atomic E-state index is 12.1. The first-order valence-electron chi connectivity index (χ1n) is 8.33. The third-order valence-corrected chi connectivity index (χ3v) is 5.16. The summed E-state index contributed by atoms with van der Waals surface area (Å²) in [7, 11) is 0. The molecule has 2 heterocycles. The van der Waals surface area contributed by atoms with Gasteiger partial charge >= 0.3 is 0 Å². The Kier molecular flexibility index (Phi) is 4.85. The first kappa shape index (κ1) is 16.2. The number of ether oxygens (including phenoxy) is 1. The lowest BCUT2D eigenvalue weighted by molar-refractivity contribution is -0.133. The molecule has 1 saturated heterocycles. The van der Waals surface area contributed by atoms with E-state index in [9.17, 15) is 4.79 Å². The summed E-state index contributed by atoms with van der Waals surface area (Å²) >= 11 is 1.61. The molecule has 23 heavy (non-hydrogen) atoms. The molecule has 0 N–H and O–H groups in total. The van der Waals surface area contributed by atoms with E-state index < -0.39 is 0 Å². The first-order valence-corrected chi connectivity index (χ1v) is 9.15. The van der Waals surface area contributed by atoms with Gasteiger partial charge in [-0.25, -0.2) is 4.98 Å². The molecule has 1 aromatic carbocycles. The lowest BCUT2D eigenvalue weighted by atomic mass is 10.1. The topological polar surface area (TPSA) is 42.4 Å². The Balaban J connectivity index is 1.58. The minimum Gasteiger partial charge on any atom is -0.467 e. The van der Waals surface area contributed by atoms with Crippen molar-refractivity contribution in [1.82, 2.24) is 9.88 Å². The Morgan fingerprint density at radius 1 is 1.39 bits per heavy atom. The largest absolute Gasteiger partial charge is 0.467 e. The van der Waals surface area contributed by atoms with Gasteiger partial charge in [-0.15, -0.1) is 0 Å². The fraction of sp³-hybridized carbons (Fsp3) is 0.556. The number of hydrogen-bond acceptors (Lipinski definition) is 4. The number of rotatable bonds is 4. The number of para-hydroxylation sites is 1. The Labute approximate surface area is 141 Å². The summed E-state index contributed by atoms with van der Waals surface area (Å²) in [4.78, 5) is 18.7. The summed E-state index contributed by atoms with van der Waals surface area (Å²) in [5, 5.41) is 0.751. The molecule has 4 nitrogen and oxygen atoms in total. The second-order valence-corrected chi connectivity index (χ2v) is 7.69. The quantitative estimate of drug-likeness (QED) is 0.849. The number of amides is 1. The van der Waals surface area contributed by atoms with E-state index in [-0.39, 0.29) is 12.0 Å². The van der Waals surface area contributed by atoms with E-state index in [0.29, 0.717) is 12.3 Å². The van der Waals surface area contributed by atoms with Crippen molar-refractivity contribution in [2.24, 2.45) is 5.92 Å². The number of piperidine rings is 1. The number of carbonyl (C=O) groups is 1. The lowest BCUT2D eigenvalue weighted by Gasteiger charge is -2.32. The molecule has 0 saturated carbocycles. The molecule has 5 heteroatoms. The Morgan fingerprint density at radius 2 is 2.13 bits per heavy atom. The van der Waals surface area contributed by atoms with Crippen LogP contribution in [0, 0.1) is 12.8 Å². The normalized spacial score (nSPS) is 16.3. The number of hydrogen-bond donors (Lipinski definition) is 0. The van der Waals surface area contributed by atoms with Crippen LogP contribution in [-0.2, 0) is 4.79 Å². The van der Waals surface area contributed by atoms with Gasteiger partial charge in [0, 0.05) is 32.4 Å². The standard InChI is InChI=1S/C18H24N2O2S/c1-12(2)11-16(21)20-9-7-14(8-10-20)22-18-19-17-13(3)5-4-6-15(17)23-18/h4-6,12,14H,7-11H2,1-3H3. The van der Waals surface area contributed by atoms with Crippen molar-refractivity contribution in [2.45, 2.75) is 46.1 Å². The summed E-state index contributed by atoms with van der Waals surface area (Å²) in [6, 6.07) is 6.21. The first-order chi connectivity index (χ1) is 11.0. The van der Waals surface area contributed by atoms with Crippen LogP contribution in [0.25, 0.3) is 10.2 Å². The highest BCUT2D eigenvalue weighted by atomic mass is 32.1. The van der Waals surface area contributed by atoms with E-state index in [2.05, 4.69) is 44.0 Å². The van der Waals surface area contributed by atoms with Gasteiger partial charge in [0.25, 0.3) is 5.19 Å². The molecule has 0 unspecified atom stereocenters. The highest BCUT2D eigenvalue weighted by Gasteiger charge is 2.25. The van der Waals surface area contributed by atoms with Crippen LogP contribution in [0.5, 0.6) is 5.19 Å². The fourth-order valence-electron chi connectivity index (χ4n) is 2.96. The maximum absolute atomic E-state index is 12.1. The predicted molar refractivity (Wildman–Crippen MR) is 94.0 cm³/mol. The summed E-state index contributed by atoms with van der Waals surface area (Å²) in [6.07, 6.45) is 2.58. The molecule has 1 aromatic heterocycles. The smallest absolute Gasteiger partial charge is 0.274 e. The number of carbonyl (C=O) groups excluding carboxylic acids is 1. The average Bonchev–Trinajstić information content (AvgIpc) is 2.91. The van der Waals surface area contributed by atoms with Crippen molar-refractivity contribution in [3.63, 3.8) is 0 Å². The minimum atomic E-state index is 0.166. The van der Waals surface area contributed by atoms with Crippen LogP contribution in [0.4, 0.5) is 0 Å². The zero-order valence-corrected chi connectivity index (χ0v) is 14.9. The van der Waals surface area contributed by atoms with E-state index in [1.165, 1.54) is 10.3 Å². The number of fused-ring (bicyclic) bond motifs is 1. The second kappa shape index (κ2) is 6.87. The van der Waals surface area contributed by atoms with Crippen LogP contribution >= 0.6 is 11.3 Å². The van der Waals surface area contributed by atoms with Crippen molar-refractivity contribution in [3.8, 4) is 5.19 Å². The molecule has 0 spiro atoms. The molecule has 1 aliphatic rings. The minimum absolute atomic E-state index is 0.166. The maximum Gasteiger partial charge on any atom is 0.274 e. The molecule has 0 radical (unpaired) electrons. The number of thiazole rings is 1. The summed E-state index contributed by atoms with van der Waals surface area (Å²) < 4.78 is 7.24. The Morgan fingerprint density at radius 3 is 2.78 bits per heavy atom. The summed E-state index contributed by atoms with van der Waals surface area (Å²) in [6.45, 7) is 7.83. The van der Waals surface area contributed by atoms with Gasteiger partial charge in [-0.05, 0) is 24.5 Å². The lowest BCUT2D eigenvalue weighted by Crippen LogP contribution is -2.42. The highest BCUT2D eigenvalue weighted by Crippen LogP contribution is 2.31. The van der Waals surface area contributed by atoms with Crippen LogP contribution in [0.1, 0.15) is 38.7 Å². The molecule has 1 aliphatic heterocycles. The SMILES string of the molecule is Cc1cccc2sc(OC3CCN(C(=O)CC(C)C)CC3)nc12. The molecule has 1 amide bonds. The number of benzene rings is 1. The molecule has 124 valence electrons. The molecule has 0 atom stereocenters. The third kappa shape index (κ3) is 3.83. The predicted octanol–water partition coefficient (Wildman–Crippen LogP) is 4.02. The molecular formula is C18H24N2O2S. The highest BCUT2D eigenvalue weighted by molar-refractivity contribution is 7.20. The molecule has 2 aromatic rings. The van der Waals surface area contributed by atoms with Crippen LogP contribution < -0.4 is 4.74 Å². The van der Waals surface area contributed by atoms with Gasteiger partial charge in [0.05, 0.1) is 10.2 Å². The van der Waals surface area contributed by atoms with E-state index in [4.69, 9.17) is 4.74 Å². The Bertz CT molecular complexity index is 687. The number of aryl methyl sites for hydroxylation is 1. The third-order valence-electron chi connectivity index (χ3n) is 4.25. The number of aromatic nitrogens is 1. The zero-order chi connectivity index (χ0) is 16.4. The van der Waals surface area contributed by atoms with Crippen molar-refractivity contribution in [2.75, 3.05) is 13.1 Å². The van der Waals surface area contributed by atoms with Gasteiger partial charge in [0.15, 0.2) is 0 Å². The number of nitrogens with zero attached hydrogens (tertiary/aromatic N) is 2. The number of likely N-dealkylation sites (tertiary alicyclic amines) is 1. The van der Waals surface area contributed by atoms with Crippen LogP contribution in [0.3, 0.4) is 0 Å². The van der Waals surface area contributed by atoms with Gasteiger partial charge in [-0.2, -0.15) is 0 Å². The van der Waals surface area contributed by atoms with E-state index in [1.807, 2.05) is 4.90 Å². The van der Waals surface area contributed by atoms with E-state index in [1.54, 1.807) is 11.3 Å². The molecule has 0 bridgehead atoms. The molecule has 1 fully saturated rings. The zero-order valence-electron chi connectivity index (χ0n) is 14.0. The van der Waals surface area contributed by atoms with Gasteiger partial charge in [0.2, 0.25) is 5.91 Å². The van der Waals surface area contributed by atoms with E-state index in [0.717, 1.165) is 36.6 Å². The monoisotopic (exact) mass is 332 g/mol. The van der Waals surface area contributed by atoms with Gasteiger partial charge in [0.1, 0.15) is 6.10 Å². The average molecular weight is 332 g/mol. The Hall–Kier alpha value is -1.62. The molecular weight excluding hydrogens is 308 g/mol. The van der Waals surface area contributed by atoms with Gasteiger partial charge in [-0.1, -0.05) is 37.3 Å². The van der Waals surface area contributed by atoms with Crippen LogP contribution in [0.15, 0.2) is 18.2 Å². The van der Waals surface area contributed by atoms with Gasteiger partial charge in [-0.3, -0.25) is 4.79 Å².